The molecule has 1 aromatic heterocycles. The molecule has 1 aliphatic rings. The highest BCUT2D eigenvalue weighted by molar-refractivity contribution is 7.07. The smallest absolute Gasteiger partial charge is 0.249 e. The summed E-state index contributed by atoms with van der Waals surface area (Å²) in [5, 5.41) is 5.28. The van der Waals surface area contributed by atoms with Gasteiger partial charge in [0, 0.05) is 36.1 Å². The fourth-order valence-electron chi connectivity index (χ4n) is 3.35. The van der Waals surface area contributed by atoms with Gasteiger partial charge in [0.15, 0.2) is 4.80 Å². The first-order valence-electron chi connectivity index (χ1n) is 8.94. The molecule has 2 aromatic carbocycles. The van der Waals surface area contributed by atoms with Crippen molar-refractivity contribution >= 4 is 17.2 Å². The molecule has 1 atom stereocenters. The van der Waals surface area contributed by atoms with Crippen LogP contribution in [0.1, 0.15) is 23.1 Å². The van der Waals surface area contributed by atoms with E-state index in [1.165, 1.54) is 28.5 Å². The van der Waals surface area contributed by atoms with Gasteiger partial charge in [-0.05, 0) is 23.6 Å². The molecule has 1 amide bonds. The Morgan fingerprint density at radius 1 is 1.19 bits per heavy atom. The summed E-state index contributed by atoms with van der Waals surface area (Å²) >= 11 is 1.39. The van der Waals surface area contributed by atoms with E-state index in [1.54, 1.807) is 18.2 Å². The fourth-order valence-corrected chi connectivity index (χ4v) is 4.09. The van der Waals surface area contributed by atoms with Crippen molar-refractivity contribution in [1.29, 1.82) is 0 Å². The van der Waals surface area contributed by atoms with Gasteiger partial charge in [-0.1, -0.05) is 42.5 Å². The number of benzene rings is 2. The number of hydrogen-bond donors (Lipinski definition) is 1. The van der Waals surface area contributed by atoms with E-state index in [-0.39, 0.29) is 17.8 Å². The van der Waals surface area contributed by atoms with Gasteiger partial charge in [0.2, 0.25) is 5.91 Å². The number of amides is 1. The van der Waals surface area contributed by atoms with Gasteiger partial charge in [0.1, 0.15) is 5.82 Å². The fraction of sp³-hybridized carbons (Fsp3) is 0.238. The molecule has 138 valence electrons. The number of fused-ring (bicyclic) bond motifs is 1. The highest BCUT2D eigenvalue weighted by Gasteiger charge is 2.20. The summed E-state index contributed by atoms with van der Waals surface area (Å²) in [7, 11) is 0. The van der Waals surface area contributed by atoms with Crippen LogP contribution < -0.4 is 10.1 Å². The van der Waals surface area contributed by atoms with Crippen LogP contribution in [0.15, 0.2) is 65.1 Å². The number of carbonyl (C=O) groups is 1. The Morgan fingerprint density at radius 3 is 2.81 bits per heavy atom. The predicted octanol–water partition coefficient (Wildman–Crippen LogP) is 3.27. The van der Waals surface area contributed by atoms with Gasteiger partial charge in [0.25, 0.3) is 0 Å². The van der Waals surface area contributed by atoms with E-state index < -0.39 is 0 Å². The molecule has 1 aliphatic heterocycles. The topological polar surface area (TPSA) is 46.4 Å². The van der Waals surface area contributed by atoms with Crippen molar-refractivity contribution in [3.8, 4) is 0 Å². The first-order chi connectivity index (χ1) is 13.2. The lowest BCUT2D eigenvalue weighted by Crippen LogP contribution is -2.37. The van der Waals surface area contributed by atoms with Gasteiger partial charge < -0.3 is 9.88 Å². The Morgan fingerprint density at radius 2 is 1.96 bits per heavy atom. The summed E-state index contributed by atoms with van der Waals surface area (Å²) in [5.41, 5.74) is 3.16. The quantitative estimate of drug-likeness (QED) is 0.754. The third kappa shape index (κ3) is 4.23. The van der Waals surface area contributed by atoms with Gasteiger partial charge >= 0.3 is 0 Å². The van der Waals surface area contributed by atoms with Crippen LogP contribution >= 0.6 is 11.3 Å². The zero-order chi connectivity index (χ0) is 18.6. The summed E-state index contributed by atoms with van der Waals surface area (Å²) in [6.45, 7) is 1.14. The van der Waals surface area contributed by atoms with Crippen LogP contribution in [0.25, 0.3) is 0 Å². The van der Waals surface area contributed by atoms with E-state index in [9.17, 15) is 9.18 Å². The SMILES string of the molecule is O=C(C[C@@H]1Cc2ccccc2CN1)N=c1sccn1Cc1ccccc1F. The average molecular weight is 381 g/mol. The Kier molecular flexibility index (Phi) is 5.27. The van der Waals surface area contributed by atoms with Crippen LogP contribution in [0.5, 0.6) is 0 Å². The van der Waals surface area contributed by atoms with Crippen molar-refractivity contribution in [1.82, 2.24) is 9.88 Å². The molecule has 2 heterocycles. The predicted molar refractivity (Wildman–Crippen MR) is 104 cm³/mol. The molecule has 0 aliphatic carbocycles. The van der Waals surface area contributed by atoms with Crippen LogP contribution in [0.3, 0.4) is 0 Å². The second-order valence-corrected chi connectivity index (χ2v) is 7.54. The molecule has 6 heteroatoms. The first kappa shape index (κ1) is 17.8. The van der Waals surface area contributed by atoms with Crippen LogP contribution in [0, 0.1) is 5.82 Å². The number of rotatable bonds is 4. The van der Waals surface area contributed by atoms with Crippen molar-refractivity contribution in [3.05, 3.63) is 87.4 Å². The Balaban J connectivity index is 1.46. The minimum atomic E-state index is -0.251. The lowest BCUT2D eigenvalue weighted by molar-refractivity contribution is -0.118. The number of nitrogens with zero attached hydrogens (tertiary/aromatic N) is 2. The molecule has 0 fully saturated rings. The molecule has 0 saturated carbocycles. The Labute approximate surface area is 161 Å². The lowest BCUT2D eigenvalue weighted by Gasteiger charge is -2.25. The van der Waals surface area contributed by atoms with E-state index in [2.05, 4.69) is 22.4 Å². The minimum Gasteiger partial charge on any atom is -0.319 e. The molecule has 0 unspecified atom stereocenters. The summed E-state index contributed by atoms with van der Waals surface area (Å²) in [5.74, 6) is -0.407. The van der Waals surface area contributed by atoms with Crippen LogP contribution in [0.2, 0.25) is 0 Å². The minimum absolute atomic E-state index is 0.0936. The van der Waals surface area contributed by atoms with Gasteiger partial charge in [0.05, 0.1) is 6.54 Å². The maximum absolute atomic E-state index is 13.9. The second kappa shape index (κ2) is 7.98. The van der Waals surface area contributed by atoms with Crippen LogP contribution in [0.4, 0.5) is 4.39 Å². The van der Waals surface area contributed by atoms with Gasteiger partial charge in [-0.3, -0.25) is 4.79 Å². The van der Waals surface area contributed by atoms with Crippen molar-refractivity contribution in [2.45, 2.75) is 32.0 Å². The summed E-state index contributed by atoms with van der Waals surface area (Å²) in [6, 6.07) is 15.1. The first-order valence-corrected chi connectivity index (χ1v) is 9.82. The molecular weight excluding hydrogens is 361 g/mol. The Bertz CT molecular complexity index is 1020. The van der Waals surface area contributed by atoms with E-state index >= 15 is 0 Å². The number of nitrogens with one attached hydrogen (secondary N) is 1. The van der Waals surface area contributed by atoms with Crippen LogP contribution in [-0.2, 0) is 24.3 Å². The van der Waals surface area contributed by atoms with E-state index in [4.69, 9.17) is 0 Å². The molecule has 0 saturated heterocycles. The zero-order valence-electron chi connectivity index (χ0n) is 14.8. The lowest BCUT2D eigenvalue weighted by atomic mass is 9.94. The third-order valence-corrected chi connectivity index (χ3v) is 5.56. The number of halogens is 1. The normalized spacial score (nSPS) is 16.9. The van der Waals surface area contributed by atoms with Crippen molar-refractivity contribution in [3.63, 3.8) is 0 Å². The molecule has 4 rings (SSSR count). The number of carbonyl (C=O) groups excluding carboxylic acids is 1. The molecule has 27 heavy (non-hydrogen) atoms. The highest BCUT2D eigenvalue weighted by Crippen LogP contribution is 2.18. The van der Waals surface area contributed by atoms with E-state index in [0.29, 0.717) is 23.3 Å². The van der Waals surface area contributed by atoms with Gasteiger partial charge in [-0.2, -0.15) is 4.99 Å². The maximum atomic E-state index is 13.9. The highest BCUT2D eigenvalue weighted by atomic mass is 32.1. The van der Waals surface area contributed by atoms with E-state index in [1.807, 2.05) is 28.3 Å². The van der Waals surface area contributed by atoms with Gasteiger partial charge in [-0.25, -0.2) is 4.39 Å². The van der Waals surface area contributed by atoms with Gasteiger partial charge in [-0.15, -0.1) is 11.3 Å². The number of thiazole rings is 1. The van der Waals surface area contributed by atoms with E-state index in [0.717, 1.165) is 13.0 Å². The number of aromatic nitrogens is 1. The third-order valence-electron chi connectivity index (χ3n) is 4.77. The second-order valence-electron chi connectivity index (χ2n) is 6.67. The molecular formula is C21H20FN3OS. The Hall–Kier alpha value is -2.57. The summed E-state index contributed by atoms with van der Waals surface area (Å²) < 4.78 is 15.7. The summed E-state index contributed by atoms with van der Waals surface area (Å²) in [4.78, 5) is 17.3. The zero-order valence-corrected chi connectivity index (χ0v) is 15.6. The molecule has 0 radical (unpaired) electrons. The monoisotopic (exact) mass is 381 g/mol. The molecule has 0 spiro atoms. The molecule has 0 bridgehead atoms. The summed E-state index contributed by atoms with van der Waals surface area (Å²) in [6.07, 6.45) is 3.02. The molecule has 4 nitrogen and oxygen atoms in total. The molecule has 3 aromatic rings. The maximum Gasteiger partial charge on any atom is 0.249 e. The van der Waals surface area contributed by atoms with Crippen molar-refractivity contribution in [2.24, 2.45) is 4.99 Å². The number of hydrogen-bond acceptors (Lipinski definition) is 3. The molecule has 1 N–H and O–H groups in total. The largest absolute Gasteiger partial charge is 0.319 e. The van der Waals surface area contributed by atoms with Crippen molar-refractivity contribution < 1.29 is 9.18 Å². The standard InChI is InChI=1S/C21H20FN3OS/c22-19-8-4-3-7-17(19)14-25-9-10-27-21(25)24-20(26)12-18-11-15-5-1-2-6-16(15)13-23-18/h1-10,18,23H,11-14H2/t18-/m0/s1. The van der Waals surface area contributed by atoms with Crippen molar-refractivity contribution in [2.75, 3.05) is 0 Å². The average Bonchev–Trinajstić information content (AvgIpc) is 3.10. The van der Waals surface area contributed by atoms with Crippen LogP contribution in [-0.4, -0.2) is 16.5 Å².